The van der Waals surface area contributed by atoms with Crippen molar-refractivity contribution in [1.29, 1.82) is 0 Å². The third-order valence-electron chi connectivity index (χ3n) is 4.12. The van der Waals surface area contributed by atoms with Crippen molar-refractivity contribution in [3.8, 4) is 11.5 Å². The second-order valence-corrected chi connectivity index (χ2v) is 6.41. The lowest BCUT2D eigenvalue weighted by atomic mass is 9.82. The lowest BCUT2D eigenvalue weighted by Crippen LogP contribution is -2.39. The Hall–Kier alpha value is -1.20. The summed E-state index contributed by atoms with van der Waals surface area (Å²) < 4.78 is 6.48. The van der Waals surface area contributed by atoms with E-state index in [9.17, 15) is 0 Å². The van der Waals surface area contributed by atoms with Crippen LogP contribution in [0.2, 0.25) is 0 Å². The molecule has 1 aromatic carbocycles. The number of hydrogen-bond donors (Lipinski definition) is 1. The highest BCUT2D eigenvalue weighted by Gasteiger charge is 2.34. The minimum atomic E-state index is -0.417. The Morgan fingerprint density at radius 1 is 1.25 bits per heavy atom. The van der Waals surface area contributed by atoms with E-state index in [1.54, 1.807) is 0 Å². The standard InChI is InChI=1S/C15H18BrN3O/c1-10-11(6-5-7-12(10)16)13-18-14(19-20-13)15(17)8-3-2-4-9-15/h5-7H,2-4,8-9,17H2,1H3. The number of benzene rings is 1. The maximum atomic E-state index is 6.45. The van der Waals surface area contributed by atoms with Crippen LogP contribution in [-0.4, -0.2) is 10.1 Å². The number of nitrogens with two attached hydrogens (primary N) is 1. The highest BCUT2D eigenvalue weighted by Crippen LogP contribution is 2.35. The molecule has 1 aromatic heterocycles. The van der Waals surface area contributed by atoms with Crippen molar-refractivity contribution in [2.45, 2.75) is 44.6 Å². The molecule has 0 radical (unpaired) electrons. The minimum Gasteiger partial charge on any atom is -0.334 e. The van der Waals surface area contributed by atoms with E-state index < -0.39 is 5.54 Å². The Morgan fingerprint density at radius 3 is 2.75 bits per heavy atom. The van der Waals surface area contributed by atoms with E-state index in [1.807, 2.05) is 25.1 Å². The van der Waals surface area contributed by atoms with E-state index in [1.165, 1.54) is 6.42 Å². The molecule has 1 saturated carbocycles. The molecule has 1 aliphatic rings. The quantitative estimate of drug-likeness (QED) is 0.903. The zero-order chi connectivity index (χ0) is 14.2. The fourth-order valence-electron chi connectivity index (χ4n) is 2.78. The molecule has 5 heteroatoms. The molecule has 1 heterocycles. The molecule has 0 aliphatic heterocycles. The van der Waals surface area contributed by atoms with Crippen LogP contribution < -0.4 is 5.73 Å². The van der Waals surface area contributed by atoms with Crippen LogP contribution in [0, 0.1) is 6.92 Å². The van der Waals surface area contributed by atoms with Crippen LogP contribution in [0.3, 0.4) is 0 Å². The van der Waals surface area contributed by atoms with Crippen molar-refractivity contribution in [3.05, 3.63) is 34.1 Å². The van der Waals surface area contributed by atoms with Gasteiger partial charge in [0.15, 0.2) is 5.82 Å². The minimum absolute atomic E-state index is 0.417. The predicted molar refractivity (Wildman–Crippen MR) is 81.1 cm³/mol. The van der Waals surface area contributed by atoms with Crippen LogP contribution >= 0.6 is 15.9 Å². The van der Waals surface area contributed by atoms with Gasteiger partial charge in [-0.3, -0.25) is 0 Å². The summed E-state index contributed by atoms with van der Waals surface area (Å²) in [6, 6.07) is 5.96. The maximum Gasteiger partial charge on any atom is 0.258 e. The summed E-state index contributed by atoms with van der Waals surface area (Å²) >= 11 is 3.52. The van der Waals surface area contributed by atoms with E-state index in [2.05, 4.69) is 26.1 Å². The van der Waals surface area contributed by atoms with Crippen LogP contribution in [0.4, 0.5) is 0 Å². The molecule has 0 unspecified atom stereocenters. The first-order valence-electron chi connectivity index (χ1n) is 6.99. The van der Waals surface area contributed by atoms with Gasteiger partial charge < -0.3 is 10.3 Å². The van der Waals surface area contributed by atoms with Gasteiger partial charge in [0.05, 0.1) is 5.54 Å². The molecule has 0 atom stereocenters. The molecule has 106 valence electrons. The van der Waals surface area contributed by atoms with Crippen molar-refractivity contribution >= 4 is 15.9 Å². The van der Waals surface area contributed by atoms with Gasteiger partial charge in [-0.15, -0.1) is 0 Å². The fourth-order valence-corrected chi connectivity index (χ4v) is 3.15. The first-order valence-corrected chi connectivity index (χ1v) is 7.78. The molecular weight excluding hydrogens is 318 g/mol. The summed E-state index contributed by atoms with van der Waals surface area (Å²) in [5, 5.41) is 4.13. The summed E-state index contributed by atoms with van der Waals surface area (Å²) in [4.78, 5) is 4.55. The average Bonchev–Trinajstić information content (AvgIpc) is 2.93. The van der Waals surface area contributed by atoms with E-state index >= 15 is 0 Å². The smallest absolute Gasteiger partial charge is 0.258 e. The van der Waals surface area contributed by atoms with Crippen LogP contribution in [0.15, 0.2) is 27.2 Å². The van der Waals surface area contributed by atoms with Gasteiger partial charge >= 0.3 is 0 Å². The molecule has 0 saturated heterocycles. The monoisotopic (exact) mass is 335 g/mol. The number of rotatable bonds is 2. The molecule has 2 N–H and O–H groups in total. The Kier molecular flexibility index (Phi) is 3.65. The third kappa shape index (κ3) is 2.40. The number of aromatic nitrogens is 2. The van der Waals surface area contributed by atoms with Crippen LogP contribution in [0.25, 0.3) is 11.5 Å². The first-order chi connectivity index (χ1) is 9.60. The summed E-state index contributed by atoms with van der Waals surface area (Å²) in [5.41, 5.74) is 8.08. The Balaban J connectivity index is 1.96. The van der Waals surface area contributed by atoms with Crippen molar-refractivity contribution in [3.63, 3.8) is 0 Å². The molecule has 20 heavy (non-hydrogen) atoms. The van der Waals surface area contributed by atoms with Crippen molar-refractivity contribution in [2.75, 3.05) is 0 Å². The number of halogens is 1. The average molecular weight is 336 g/mol. The molecule has 0 bridgehead atoms. The molecule has 3 rings (SSSR count). The fraction of sp³-hybridized carbons (Fsp3) is 0.467. The van der Waals surface area contributed by atoms with Gasteiger partial charge in [-0.25, -0.2) is 0 Å². The predicted octanol–water partition coefficient (Wildman–Crippen LogP) is 3.93. The Bertz CT molecular complexity index is 617. The van der Waals surface area contributed by atoms with Crippen molar-refractivity contribution in [1.82, 2.24) is 10.1 Å². The van der Waals surface area contributed by atoms with Gasteiger partial charge in [-0.2, -0.15) is 4.98 Å². The molecule has 1 fully saturated rings. The van der Waals surface area contributed by atoms with E-state index in [0.29, 0.717) is 11.7 Å². The molecule has 2 aromatic rings. The topological polar surface area (TPSA) is 64.9 Å². The molecule has 4 nitrogen and oxygen atoms in total. The van der Waals surface area contributed by atoms with Gasteiger partial charge in [-0.1, -0.05) is 46.4 Å². The van der Waals surface area contributed by atoms with Crippen LogP contribution in [0.5, 0.6) is 0 Å². The lowest BCUT2D eigenvalue weighted by molar-refractivity contribution is 0.275. The Labute approximate surface area is 126 Å². The summed E-state index contributed by atoms with van der Waals surface area (Å²) in [6.07, 6.45) is 5.38. The van der Waals surface area contributed by atoms with Gasteiger partial charge in [-0.05, 0) is 37.5 Å². The summed E-state index contributed by atoms with van der Waals surface area (Å²) in [6.45, 7) is 2.03. The zero-order valence-corrected chi connectivity index (χ0v) is 13.1. The summed E-state index contributed by atoms with van der Waals surface area (Å²) in [7, 11) is 0. The highest BCUT2D eigenvalue weighted by atomic mass is 79.9. The largest absolute Gasteiger partial charge is 0.334 e. The molecule has 0 amide bonds. The lowest BCUT2D eigenvalue weighted by Gasteiger charge is -2.29. The Morgan fingerprint density at radius 2 is 2.00 bits per heavy atom. The second-order valence-electron chi connectivity index (χ2n) is 5.55. The van der Waals surface area contributed by atoms with Crippen LogP contribution in [0.1, 0.15) is 43.5 Å². The van der Waals surface area contributed by atoms with Crippen molar-refractivity contribution < 1.29 is 4.52 Å². The van der Waals surface area contributed by atoms with Crippen molar-refractivity contribution in [2.24, 2.45) is 5.73 Å². The van der Waals surface area contributed by atoms with E-state index in [-0.39, 0.29) is 0 Å². The van der Waals surface area contributed by atoms with Crippen LogP contribution in [-0.2, 0) is 5.54 Å². The normalized spacial score (nSPS) is 18.1. The van der Waals surface area contributed by atoms with E-state index in [4.69, 9.17) is 10.3 Å². The van der Waals surface area contributed by atoms with Gasteiger partial charge in [0.1, 0.15) is 0 Å². The number of hydrogen-bond acceptors (Lipinski definition) is 4. The maximum absolute atomic E-state index is 6.45. The third-order valence-corrected chi connectivity index (χ3v) is 4.97. The SMILES string of the molecule is Cc1c(Br)cccc1-c1nc(C2(N)CCCCC2)no1. The van der Waals surface area contributed by atoms with Gasteiger partial charge in [0.25, 0.3) is 5.89 Å². The first kappa shape index (κ1) is 13.8. The van der Waals surface area contributed by atoms with Gasteiger partial charge in [0.2, 0.25) is 0 Å². The molecule has 0 spiro atoms. The molecule has 1 aliphatic carbocycles. The summed E-state index contributed by atoms with van der Waals surface area (Å²) in [5.74, 6) is 1.20. The highest BCUT2D eigenvalue weighted by molar-refractivity contribution is 9.10. The van der Waals surface area contributed by atoms with E-state index in [0.717, 1.165) is 41.3 Å². The number of nitrogens with zero attached hydrogens (tertiary/aromatic N) is 2. The second kappa shape index (κ2) is 5.30. The molecular formula is C15H18BrN3O. The van der Waals surface area contributed by atoms with Gasteiger partial charge in [0, 0.05) is 10.0 Å². The zero-order valence-electron chi connectivity index (χ0n) is 11.5.